The molecule has 0 aliphatic heterocycles. The average Bonchev–Trinajstić information content (AvgIpc) is 0.675. The van der Waals surface area contributed by atoms with Crippen LogP contribution in [0.2, 0.25) is 0 Å². The molecule has 0 bridgehead atoms. The monoisotopic (exact) mass is 2310 g/mol. The Hall–Kier alpha value is -12.5. The van der Waals surface area contributed by atoms with Crippen LogP contribution in [0, 0.1) is 77.6 Å². The normalized spacial score (nSPS) is 21.7. The van der Waals surface area contributed by atoms with Crippen LogP contribution in [0.15, 0.2) is 401 Å². The van der Waals surface area contributed by atoms with Crippen molar-refractivity contribution in [2.75, 3.05) is 0 Å². The van der Waals surface area contributed by atoms with E-state index in [2.05, 4.69) is 109 Å². The number of benzene rings is 12. The minimum atomic E-state index is -2.30. The number of nitrogens with zero attached hydrogens (tertiary/aromatic N) is 6. The molecule has 6 aromatic heterocycles. The van der Waals surface area contributed by atoms with E-state index in [1.165, 1.54) is 36.9 Å². The number of hydrogen-bond donors (Lipinski definition) is 0. The van der Waals surface area contributed by atoms with Crippen molar-refractivity contribution in [3.8, 4) is 101 Å². The van der Waals surface area contributed by atoms with Gasteiger partial charge in [0.2, 0.25) is 0 Å². The molecule has 3 aliphatic rings. The van der Waals surface area contributed by atoms with Gasteiger partial charge in [-0.2, -0.15) is 0 Å². The molecule has 681 valence electrons. The second-order valence-electron chi connectivity index (χ2n) is 32.5. The molecule has 0 amide bonds. The fraction of sp³-hybridized carbons (Fsp3) is 0.190. The van der Waals surface area contributed by atoms with Gasteiger partial charge in [-0.25, -0.2) is 0 Å². The summed E-state index contributed by atoms with van der Waals surface area (Å²) < 4.78 is 168. The van der Waals surface area contributed by atoms with E-state index in [1.54, 1.807) is 43.5 Å². The first-order valence-corrected chi connectivity index (χ1v) is 44.7. The number of rotatable bonds is 15. The van der Waals surface area contributed by atoms with E-state index in [9.17, 15) is 2.74 Å². The van der Waals surface area contributed by atoms with Gasteiger partial charge in [-0.1, -0.05) is 225 Å². The van der Waals surface area contributed by atoms with Gasteiger partial charge in [-0.05, 0) is 282 Å². The summed E-state index contributed by atoms with van der Waals surface area (Å²) in [6.07, 6.45) is 17.0. The summed E-state index contributed by atoms with van der Waals surface area (Å²) in [7, 11) is 0. The van der Waals surface area contributed by atoms with E-state index < -0.39 is 69.6 Å². The Balaban J connectivity index is 0.000000160. The van der Waals surface area contributed by atoms with Crippen LogP contribution < -0.4 is 0 Å². The van der Waals surface area contributed by atoms with E-state index in [-0.39, 0.29) is 88.1 Å². The third kappa shape index (κ3) is 28.1. The number of aromatic nitrogens is 6. The molecule has 0 N–H and O–H groups in total. The van der Waals surface area contributed by atoms with Crippen LogP contribution in [0.4, 0.5) is 0 Å². The smallest absolute Gasteiger partial charge is 0.0352 e. The molecular weight excluding hydrogens is 2170 g/mol. The molecule has 9 heteroatoms. The van der Waals surface area contributed by atoms with Gasteiger partial charge < -0.3 is 29.9 Å². The predicted molar refractivity (Wildman–Crippen MR) is 547 cm³/mol. The average molecular weight is 2310 g/mol. The molecule has 21 rings (SSSR count). The molecule has 0 unspecified atom stereocenters. The summed E-state index contributed by atoms with van der Waals surface area (Å²) in [6.45, 7) is -9.33. The van der Waals surface area contributed by atoms with Crippen molar-refractivity contribution in [1.29, 1.82) is 0 Å². The van der Waals surface area contributed by atoms with Gasteiger partial charge in [0.1, 0.15) is 0 Å². The molecular formula is C126H114Ir3N6-6. The molecule has 3 aliphatic carbocycles. The zero-order valence-corrected chi connectivity index (χ0v) is 82.0. The molecule has 0 saturated heterocycles. The number of pyridine rings is 6. The first-order valence-electron chi connectivity index (χ1n) is 55.2. The SMILES string of the molecule is [2H]C([2H])([2H])c1c[c-]c(-c2cc(C)c(C([2H])([2H])[2H])cn2)cc1.[2H]C([2H])([2H])c1ccc(-c2[c-]cccc2)nc1.[2H]C([2H])([2H])c1cnc(-c2[c-]cccc2)cc1-c1ccc(C2([2H])CCC([2H])(c3ccccc3)CC2)cc1.[2H]C([2H])([2H])c1cnc(-c2[c-]cccc2)cc1-c1ccc(C2([2H])CCC([2H])(c3ccccc3)CC2)cc1.[2H]C1(c2ccccc2)CCC([2H])(c2ccc(-c3ccnc(-c4[c-]cccc4)c3)cc2)CC1.[Ir].[Ir].[Ir].[c-]1ccccc1-c1ccccn1. The van der Waals surface area contributed by atoms with Crippen molar-refractivity contribution in [1.82, 2.24) is 29.9 Å². The fourth-order valence-electron chi connectivity index (χ4n) is 16.6. The van der Waals surface area contributed by atoms with Gasteiger partial charge >= 0.3 is 0 Å². The summed E-state index contributed by atoms with van der Waals surface area (Å²) in [5.41, 5.74) is 22.3. The minimum absolute atomic E-state index is 0. The zero-order valence-electron chi connectivity index (χ0n) is 95.8. The predicted octanol–water partition coefficient (Wildman–Crippen LogP) is 32.5. The van der Waals surface area contributed by atoms with Crippen molar-refractivity contribution in [3.63, 3.8) is 0 Å². The molecule has 18 aromatic rings. The maximum Gasteiger partial charge on any atom is 0.0352 e. The molecule has 3 saturated carbocycles. The Morgan fingerprint density at radius 2 is 0.548 bits per heavy atom. The molecule has 6 heterocycles. The third-order valence-corrected chi connectivity index (χ3v) is 23.9. The molecule has 0 atom stereocenters. The van der Waals surface area contributed by atoms with Gasteiger partial charge in [0.15, 0.2) is 0 Å². The van der Waals surface area contributed by atoms with Crippen molar-refractivity contribution in [3.05, 3.63) is 504 Å². The second-order valence-corrected chi connectivity index (χ2v) is 32.5. The van der Waals surface area contributed by atoms with Crippen LogP contribution in [-0.4, -0.2) is 29.9 Å². The molecule has 12 aromatic carbocycles. The van der Waals surface area contributed by atoms with Crippen LogP contribution >= 0.6 is 0 Å². The van der Waals surface area contributed by atoms with Crippen LogP contribution in [0.3, 0.4) is 0 Å². The van der Waals surface area contributed by atoms with Gasteiger partial charge in [0.25, 0.3) is 0 Å². The number of hydrogen-bond acceptors (Lipinski definition) is 6. The summed E-state index contributed by atoms with van der Waals surface area (Å²) in [5, 5.41) is 0. The zero-order chi connectivity index (χ0) is 108. The Morgan fingerprint density at radius 1 is 0.230 bits per heavy atom. The molecule has 0 spiro atoms. The Kier molecular flexibility index (Phi) is 28.4. The van der Waals surface area contributed by atoms with Gasteiger partial charge in [0.05, 0.1) is 0 Å². The minimum Gasteiger partial charge on any atom is -0.305 e. The van der Waals surface area contributed by atoms with Gasteiger partial charge in [-0.3, -0.25) is 0 Å². The number of aryl methyl sites for hydroxylation is 6. The van der Waals surface area contributed by atoms with E-state index in [0.29, 0.717) is 116 Å². The van der Waals surface area contributed by atoms with Crippen molar-refractivity contribution in [2.45, 2.75) is 154 Å². The maximum atomic E-state index is 9.18. The van der Waals surface area contributed by atoms with Crippen molar-refractivity contribution < 1.29 is 89.1 Å². The van der Waals surface area contributed by atoms with E-state index in [0.717, 1.165) is 101 Å². The van der Waals surface area contributed by atoms with Crippen LogP contribution in [0.5, 0.6) is 0 Å². The van der Waals surface area contributed by atoms with Crippen LogP contribution in [0.1, 0.15) is 208 Å². The Bertz CT molecular complexity index is 7280. The topological polar surface area (TPSA) is 77.3 Å². The largest absolute Gasteiger partial charge is 0.305 e. The summed E-state index contributed by atoms with van der Waals surface area (Å²) in [6, 6.07) is 134. The second kappa shape index (κ2) is 51.3. The molecule has 3 radical (unpaired) electrons. The van der Waals surface area contributed by atoms with E-state index in [4.69, 9.17) is 26.0 Å². The van der Waals surface area contributed by atoms with Crippen molar-refractivity contribution in [2.24, 2.45) is 0 Å². The van der Waals surface area contributed by atoms with E-state index in [1.807, 2.05) is 285 Å². The first-order chi connectivity index (χ1) is 73.0. The van der Waals surface area contributed by atoms with Crippen molar-refractivity contribution >= 4 is 0 Å². The fourth-order valence-corrected chi connectivity index (χ4v) is 16.6. The maximum absolute atomic E-state index is 9.18. The molecule has 135 heavy (non-hydrogen) atoms. The Morgan fingerprint density at radius 3 is 0.881 bits per heavy atom. The van der Waals surface area contributed by atoms with Gasteiger partial charge in [0, 0.05) is 126 Å². The summed E-state index contributed by atoms with van der Waals surface area (Å²) in [4.78, 5) is 25.8. The standard InChI is InChI=1S/2C30H28N.C29H26N.C14H14N.C12H10N.C11H8N.3Ir/c2*1-22-21-31-30(28-10-6-3-7-11-28)20-29(22)27-18-16-26(17-19-27)25-14-12-24(13-15-25)23-8-4-2-5-9-23;1-3-7-22(8-4-1)23-11-13-24(14-12-23)25-15-17-26(18-16-25)28-19-20-30-29(21-28)27-9-5-2-6-10-27;1-10-4-6-13(7-5-10)14-8-11(2)12(3)9-15-14;1-10-7-8-12(13-9-10)11-5-3-2-4-6-11;1-2-6-10(7-3-1)11-8-4-5-9-12-11;;;/h2*2-10,16-21,24-25H,12-15H2,1H3;1-9,15-21,23-24H,11-14H2;4-6,8-9H,1-3H3;2-5,7-9H,1H3;1-6,8-9H;;;/q6*-1;;;/i2*1D3,24D,25D;23D,24D;1D3,3D3;1D3;;;;. The molecule has 6 nitrogen and oxygen atoms in total. The quantitative estimate of drug-likeness (QED) is 0.0952. The van der Waals surface area contributed by atoms with E-state index >= 15 is 0 Å². The molecule has 3 fully saturated rings. The van der Waals surface area contributed by atoms with Crippen LogP contribution in [0.25, 0.3) is 101 Å². The van der Waals surface area contributed by atoms with Crippen LogP contribution in [-0.2, 0) is 60.3 Å². The Labute approximate surface area is 871 Å². The summed E-state index contributed by atoms with van der Waals surface area (Å²) in [5.74, 6) is -4.02. The first kappa shape index (κ1) is 74.8. The third-order valence-electron chi connectivity index (χ3n) is 23.9. The summed E-state index contributed by atoms with van der Waals surface area (Å²) >= 11 is 0. The van der Waals surface area contributed by atoms with Gasteiger partial charge in [-0.15, -0.1) is 215 Å².